The van der Waals surface area contributed by atoms with E-state index in [1.807, 2.05) is 19.2 Å². The summed E-state index contributed by atoms with van der Waals surface area (Å²) in [4.78, 5) is 2.13. The Kier molecular flexibility index (Phi) is 5.08. The van der Waals surface area contributed by atoms with Crippen molar-refractivity contribution in [2.45, 2.75) is 6.10 Å². The zero-order chi connectivity index (χ0) is 11.3. The van der Waals surface area contributed by atoms with Crippen LogP contribution in [-0.2, 0) is 4.74 Å². The van der Waals surface area contributed by atoms with E-state index in [4.69, 9.17) is 10.5 Å². The van der Waals surface area contributed by atoms with Crippen molar-refractivity contribution in [2.75, 3.05) is 32.1 Å². The van der Waals surface area contributed by atoms with Crippen molar-refractivity contribution in [3.63, 3.8) is 0 Å². The fourth-order valence-corrected chi connectivity index (χ4v) is 1.62. The van der Waals surface area contributed by atoms with E-state index in [0.29, 0.717) is 6.54 Å². The molecule has 84 valence electrons. The molecule has 0 aliphatic rings. The molecule has 0 aliphatic heterocycles. The van der Waals surface area contributed by atoms with Crippen molar-refractivity contribution in [3.05, 3.63) is 28.7 Å². The third-order valence-electron chi connectivity index (χ3n) is 2.34. The molecule has 1 unspecified atom stereocenters. The maximum absolute atomic E-state index is 5.57. The molecule has 0 amide bonds. The molecular weight excluding hydrogens is 256 g/mol. The molecule has 0 aromatic heterocycles. The summed E-state index contributed by atoms with van der Waals surface area (Å²) < 4.78 is 6.32. The Morgan fingerprint density at radius 2 is 2.00 bits per heavy atom. The summed E-state index contributed by atoms with van der Waals surface area (Å²) in [6, 6.07) is 8.17. The van der Waals surface area contributed by atoms with E-state index in [0.717, 1.165) is 16.7 Å². The summed E-state index contributed by atoms with van der Waals surface area (Å²) in [7, 11) is 3.72. The van der Waals surface area contributed by atoms with Crippen LogP contribution in [0.15, 0.2) is 28.7 Å². The van der Waals surface area contributed by atoms with Crippen molar-refractivity contribution >= 4 is 21.6 Å². The van der Waals surface area contributed by atoms with Gasteiger partial charge in [-0.05, 0) is 24.3 Å². The van der Waals surface area contributed by atoms with Crippen LogP contribution in [0.2, 0.25) is 0 Å². The molecule has 1 aromatic carbocycles. The lowest BCUT2D eigenvalue weighted by atomic mass is 10.2. The van der Waals surface area contributed by atoms with Crippen LogP contribution in [0.25, 0.3) is 0 Å². The van der Waals surface area contributed by atoms with Gasteiger partial charge in [-0.1, -0.05) is 15.9 Å². The molecule has 0 saturated heterocycles. The molecule has 0 spiro atoms. The Labute approximate surface area is 99.3 Å². The first-order valence-corrected chi connectivity index (χ1v) is 5.66. The second-order valence-electron chi connectivity index (χ2n) is 3.45. The predicted molar refractivity (Wildman–Crippen MR) is 67.3 cm³/mol. The average molecular weight is 273 g/mol. The molecule has 1 rings (SSSR count). The third-order valence-corrected chi connectivity index (χ3v) is 2.87. The Bertz CT molecular complexity index is 285. The van der Waals surface area contributed by atoms with E-state index in [1.165, 1.54) is 0 Å². The van der Waals surface area contributed by atoms with Gasteiger partial charge in [-0.25, -0.2) is 0 Å². The van der Waals surface area contributed by atoms with Crippen LogP contribution >= 0.6 is 15.9 Å². The highest BCUT2D eigenvalue weighted by Gasteiger charge is 2.08. The van der Waals surface area contributed by atoms with E-state index < -0.39 is 0 Å². The third kappa shape index (κ3) is 3.81. The normalized spacial score (nSPS) is 12.5. The second-order valence-corrected chi connectivity index (χ2v) is 4.37. The Morgan fingerprint density at radius 1 is 1.40 bits per heavy atom. The number of hydrogen-bond donors (Lipinski definition) is 1. The summed E-state index contributed by atoms with van der Waals surface area (Å²) in [5.41, 5.74) is 6.74. The lowest BCUT2D eigenvalue weighted by Gasteiger charge is -2.24. The number of nitrogens with two attached hydrogens (primary N) is 1. The van der Waals surface area contributed by atoms with Crippen molar-refractivity contribution < 1.29 is 4.74 Å². The fraction of sp³-hybridized carbons (Fsp3) is 0.455. The van der Waals surface area contributed by atoms with Crippen molar-refractivity contribution in [1.29, 1.82) is 0 Å². The molecule has 0 radical (unpaired) electrons. The molecule has 0 saturated carbocycles. The number of methoxy groups -OCH3 is 1. The first-order valence-electron chi connectivity index (χ1n) is 4.87. The molecule has 3 nitrogen and oxygen atoms in total. The zero-order valence-corrected chi connectivity index (χ0v) is 10.7. The molecule has 2 N–H and O–H groups in total. The molecule has 15 heavy (non-hydrogen) atoms. The summed E-state index contributed by atoms with van der Waals surface area (Å²) >= 11 is 3.41. The first-order chi connectivity index (χ1) is 7.17. The number of halogens is 1. The number of anilines is 1. The van der Waals surface area contributed by atoms with Gasteiger partial charge in [0.05, 0.1) is 6.10 Å². The number of hydrogen-bond acceptors (Lipinski definition) is 3. The average Bonchev–Trinajstić information content (AvgIpc) is 2.26. The number of likely N-dealkylation sites (N-methyl/N-ethyl adjacent to an activating group) is 1. The van der Waals surface area contributed by atoms with Gasteiger partial charge in [0.15, 0.2) is 0 Å². The van der Waals surface area contributed by atoms with Crippen LogP contribution < -0.4 is 10.6 Å². The first kappa shape index (κ1) is 12.5. The molecule has 0 aliphatic carbocycles. The highest BCUT2D eigenvalue weighted by molar-refractivity contribution is 9.10. The lowest BCUT2D eigenvalue weighted by molar-refractivity contribution is 0.115. The number of rotatable bonds is 5. The number of ether oxygens (including phenoxy) is 1. The molecule has 1 atom stereocenters. The van der Waals surface area contributed by atoms with Gasteiger partial charge in [0.1, 0.15) is 0 Å². The van der Waals surface area contributed by atoms with Crippen LogP contribution in [0.4, 0.5) is 5.69 Å². The topological polar surface area (TPSA) is 38.5 Å². The van der Waals surface area contributed by atoms with Gasteiger partial charge in [-0.2, -0.15) is 0 Å². The fourth-order valence-electron chi connectivity index (χ4n) is 1.35. The van der Waals surface area contributed by atoms with Crippen LogP contribution in [0.5, 0.6) is 0 Å². The standard InChI is InChI=1S/C11H17BrN2O/c1-14(8-11(7-13)15-2)10-5-3-9(12)4-6-10/h3-6,11H,7-8,13H2,1-2H3. The highest BCUT2D eigenvalue weighted by Crippen LogP contribution is 2.17. The van der Waals surface area contributed by atoms with E-state index >= 15 is 0 Å². The second kappa shape index (κ2) is 6.10. The molecule has 0 heterocycles. The quantitative estimate of drug-likeness (QED) is 0.890. The minimum atomic E-state index is 0.0821. The van der Waals surface area contributed by atoms with Gasteiger partial charge in [0.25, 0.3) is 0 Å². The van der Waals surface area contributed by atoms with Gasteiger partial charge < -0.3 is 15.4 Å². The van der Waals surface area contributed by atoms with Gasteiger partial charge in [-0.3, -0.25) is 0 Å². The Hall–Kier alpha value is -0.580. The van der Waals surface area contributed by atoms with Gasteiger partial charge in [-0.15, -0.1) is 0 Å². The lowest BCUT2D eigenvalue weighted by Crippen LogP contribution is -2.35. The summed E-state index contributed by atoms with van der Waals surface area (Å²) in [6.45, 7) is 1.34. The number of nitrogens with zero attached hydrogens (tertiary/aromatic N) is 1. The minimum absolute atomic E-state index is 0.0821. The number of benzene rings is 1. The van der Waals surface area contributed by atoms with Gasteiger partial charge in [0, 0.05) is 37.4 Å². The van der Waals surface area contributed by atoms with Crippen molar-refractivity contribution in [1.82, 2.24) is 0 Å². The smallest absolute Gasteiger partial charge is 0.0867 e. The van der Waals surface area contributed by atoms with E-state index in [9.17, 15) is 0 Å². The molecule has 4 heteroatoms. The SMILES string of the molecule is COC(CN)CN(C)c1ccc(Br)cc1. The van der Waals surface area contributed by atoms with Gasteiger partial charge in [0.2, 0.25) is 0 Å². The van der Waals surface area contributed by atoms with Gasteiger partial charge >= 0.3 is 0 Å². The van der Waals surface area contributed by atoms with E-state index in [-0.39, 0.29) is 6.10 Å². The maximum atomic E-state index is 5.57. The maximum Gasteiger partial charge on any atom is 0.0867 e. The van der Waals surface area contributed by atoms with Crippen LogP contribution in [0.1, 0.15) is 0 Å². The minimum Gasteiger partial charge on any atom is -0.378 e. The predicted octanol–water partition coefficient (Wildman–Crippen LogP) is 1.86. The Morgan fingerprint density at radius 3 is 2.47 bits per heavy atom. The van der Waals surface area contributed by atoms with Crippen LogP contribution in [0.3, 0.4) is 0 Å². The van der Waals surface area contributed by atoms with Crippen molar-refractivity contribution in [3.8, 4) is 0 Å². The largest absolute Gasteiger partial charge is 0.378 e. The highest BCUT2D eigenvalue weighted by atomic mass is 79.9. The van der Waals surface area contributed by atoms with Crippen LogP contribution in [0, 0.1) is 0 Å². The van der Waals surface area contributed by atoms with E-state index in [2.05, 4.69) is 33.0 Å². The van der Waals surface area contributed by atoms with E-state index in [1.54, 1.807) is 7.11 Å². The molecular formula is C11H17BrN2O. The molecule has 0 fully saturated rings. The summed E-state index contributed by atoms with van der Waals surface area (Å²) in [5.74, 6) is 0. The van der Waals surface area contributed by atoms with Crippen molar-refractivity contribution in [2.24, 2.45) is 5.73 Å². The molecule has 1 aromatic rings. The molecule has 0 bridgehead atoms. The Balaban J connectivity index is 2.60. The zero-order valence-electron chi connectivity index (χ0n) is 9.11. The monoisotopic (exact) mass is 272 g/mol. The summed E-state index contributed by atoms with van der Waals surface area (Å²) in [6.07, 6.45) is 0.0821. The van der Waals surface area contributed by atoms with Crippen LogP contribution in [-0.4, -0.2) is 33.4 Å². The summed E-state index contributed by atoms with van der Waals surface area (Å²) in [5, 5.41) is 0.